The van der Waals surface area contributed by atoms with Crippen LogP contribution in [0.5, 0.6) is 0 Å². The number of carbonyl (C=O) groups is 1. The Labute approximate surface area is 129 Å². The van der Waals surface area contributed by atoms with Gasteiger partial charge in [-0.2, -0.15) is 0 Å². The van der Waals surface area contributed by atoms with Gasteiger partial charge in [0.2, 0.25) is 5.91 Å². The van der Waals surface area contributed by atoms with Crippen molar-refractivity contribution in [2.75, 3.05) is 6.54 Å². The molecule has 21 heavy (non-hydrogen) atoms. The van der Waals surface area contributed by atoms with Crippen LogP contribution in [-0.2, 0) is 14.1 Å². The molecule has 1 N–H and O–H groups in total. The highest BCUT2D eigenvalue weighted by Gasteiger charge is 2.52. The molecule has 114 valence electrons. The average Bonchev–Trinajstić information content (AvgIpc) is 2.91. The van der Waals surface area contributed by atoms with Gasteiger partial charge in [0.25, 0.3) is 0 Å². The number of rotatable bonds is 4. The minimum Gasteiger partial charge on any atom is -0.400 e. The van der Waals surface area contributed by atoms with E-state index in [9.17, 15) is 4.79 Å². The Morgan fingerprint density at radius 1 is 1.38 bits per heavy atom. The van der Waals surface area contributed by atoms with E-state index in [0.717, 1.165) is 11.2 Å². The van der Waals surface area contributed by atoms with Crippen molar-refractivity contribution in [1.29, 1.82) is 0 Å². The molecule has 0 aliphatic carbocycles. The smallest absolute Gasteiger partial charge is 0.400 e. The molecular formula is C14H21BN2O3S. The fourth-order valence-corrected chi connectivity index (χ4v) is 2.42. The number of thiazole rings is 1. The maximum absolute atomic E-state index is 11.2. The molecule has 1 aromatic heterocycles. The Balaban J connectivity index is 2.22. The predicted molar refractivity (Wildman–Crippen MR) is 84.9 cm³/mol. The molecule has 0 bridgehead atoms. The lowest BCUT2D eigenvalue weighted by Crippen LogP contribution is -2.41. The van der Waals surface area contributed by atoms with Gasteiger partial charge in [-0.05, 0) is 39.2 Å². The van der Waals surface area contributed by atoms with Crippen LogP contribution < -0.4 is 5.32 Å². The Morgan fingerprint density at radius 3 is 2.48 bits per heavy atom. The van der Waals surface area contributed by atoms with E-state index in [1.165, 1.54) is 18.3 Å². The zero-order chi connectivity index (χ0) is 15.7. The largest absolute Gasteiger partial charge is 0.492 e. The molecule has 0 saturated carbocycles. The summed E-state index contributed by atoms with van der Waals surface area (Å²) in [4.78, 5) is 15.4. The van der Waals surface area contributed by atoms with Crippen LogP contribution in [-0.4, -0.2) is 35.8 Å². The highest BCUT2D eigenvalue weighted by molar-refractivity contribution is 7.07. The third-order valence-electron chi connectivity index (χ3n) is 3.88. The van der Waals surface area contributed by atoms with Crippen LogP contribution in [0.3, 0.4) is 0 Å². The van der Waals surface area contributed by atoms with E-state index in [0.29, 0.717) is 6.54 Å². The first-order chi connectivity index (χ1) is 9.71. The van der Waals surface area contributed by atoms with Crippen LogP contribution in [0.1, 0.15) is 40.3 Å². The van der Waals surface area contributed by atoms with Crippen molar-refractivity contribution in [2.24, 2.45) is 0 Å². The second-order valence-electron chi connectivity index (χ2n) is 6.13. The van der Waals surface area contributed by atoms with Crippen LogP contribution in [0, 0.1) is 0 Å². The molecule has 1 aromatic rings. The summed E-state index contributed by atoms with van der Waals surface area (Å²) in [6.45, 7) is 9.89. The highest BCUT2D eigenvalue weighted by Crippen LogP contribution is 2.38. The zero-order valence-electron chi connectivity index (χ0n) is 13.1. The molecule has 0 unspecified atom stereocenters. The third kappa shape index (κ3) is 3.72. The number of nitrogens with one attached hydrogen (secondary N) is 1. The average molecular weight is 308 g/mol. The Hall–Kier alpha value is -1.18. The summed E-state index contributed by atoms with van der Waals surface area (Å²) < 4.78 is 12.1. The summed E-state index contributed by atoms with van der Waals surface area (Å²) in [6, 6.07) is 0. The van der Waals surface area contributed by atoms with Crippen molar-refractivity contribution in [2.45, 2.75) is 45.8 Å². The summed E-state index contributed by atoms with van der Waals surface area (Å²) in [6.07, 6.45) is 1.91. The van der Waals surface area contributed by atoms with E-state index in [1.807, 2.05) is 39.2 Å². The molecule has 0 spiro atoms. The third-order valence-corrected chi connectivity index (χ3v) is 4.49. The summed E-state index contributed by atoms with van der Waals surface area (Å²) >= 11 is 1.52. The molecular weight excluding hydrogens is 287 g/mol. The summed E-state index contributed by atoms with van der Waals surface area (Å²) in [5.74, 6) is -0.0873. The van der Waals surface area contributed by atoms with E-state index in [1.54, 1.807) is 5.51 Å². The van der Waals surface area contributed by atoms with Gasteiger partial charge in [0, 0.05) is 18.8 Å². The minimum absolute atomic E-state index is 0.0873. The van der Waals surface area contributed by atoms with Gasteiger partial charge in [0.15, 0.2) is 0 Å². The van der Waals surface area contributed by atoms with Gasteiger partial charge in [0.1, 0.15) is 0 Å². The lowest BCUT2D eigenvalue weighted by molar-refractivity contribution is -0.118. The first kappa shape index (κ1) is 16.2. The van der Waals surface area contributed by atoms with Crippen LogP contribution >= 0.6 is 11.3 Å². The Bertz CT molecular complexity index is 524. The molecule has 0 aromatic carbocycles. The normalized spacial score (nSPS) is 20.6. The predicted octanol–water partition coefficient (Wildman–Crippen LogP) is 2.29. The first-order valence-electron chi connectivity index (χ1n) is 6.90. The number of carbonyl (C=O) groups excluding carboxylic acids is 1. The van der Waals surface area contributed by atoms with Gasteiger partial charge in [0.05, 0.1) is 22.4 Å². The lowest BCUT2D eigenvalue weighted by Gasteiger charge is -2.32. The Kier molecular flexibility index (Phi) is 4.56. The van der Waals surface area contributed by atoms with E-state index < -0.39 is 18.3 Å². The van der Waals surface area contributed by atoms with Crippen molar-refractivity contribution in [1.82, 2.24) is 10.3 Å². The van der Waals surface area contributed by atoms with Crippen molar-refractivity contribution < 1.29 is 14.1 Å². The van der Waals surface area contributed by atoms with Crippen molar-refractivity contribution >= 4 is 30.4 Å². The molecule has 2 heterocycles. The molecule has 1 aliphatic heterocycles. The van der Waals surface area contributed by atoms with E-state index >= 15 is 0 Å². The maximum Gasteiger partial charge on any atom is 0.492 e. The SMILES string of the molecule is CC(=O)NCC(=Cc1cscn1)B1OC(C)(C)C(C)(C)O1. The molecule has 5 nitrogen and oxygen atoms in total. The van der Waals surface area contributed by atoms with Crippen molar-refractivity contribution in [3.63, 3.8) is 0 Å². The molecule has 1 amide bonds. The summed E-state index contributed by atoms with van der Waals surface area (Å²) in [7, 11) is -0.483. The molecule has 0 radical (unpaired) electrons. The molecule has 1 saturated heterocycles. The molecule has 1 aliphatic rings. The Morgan fingerprint density at radius 2 is 2.00 bits per heavy atom. The fraction of sp³-hybridized carbons (Fsp3) is 0.571. The minimum atomic E-state index is -0.483. The quantitative estimate of drug-likeness (QED) is 0.867. The number of hydrogen-bond donors (Lipinski definition) is 1. The monoisotopic (exact) mass is 308 g/mol. The molecule has 1 fully saturated rings. The number of amides is 1. The molecule has 7 heteroatoms. The molecule has 2 rings (SSSR count). The van der Waals surface area contributed by atoms with Gasteiger partial charge < -0.3 is 14.6 Å². The van der Waals surface area contributed by atoms with Crippen LogP contribution in [0.15, 0.2) is 16.4 Å². The zero-order valence-corrected chi connectivity index (χ0v) is 13.9. The number of aromatic nitrogens is 1. The summed E-state index contributed by atoms with van der Waals surface area (Å²) in [5, 5.41) is 4.74. The van der Waals surface area contributed by atoms with E-state index in [4.69, 9.17) is 9.31 Å². The first-order valence-corrected chi connectivity index (χ1v) is 7.84. The van der Waals surface area contributed by atoms with Crippen LogP contribution in [0.25, 0.3) is 6.08 Å². The highest BCUT2D eigenvalue weighted by atomic mass is 32.1. The fourth-order valence-electron chi connectivity index (χ4n) is 1.91. The van der Waals surface area contributed by atoms with Gasteiger partial charge in [-0.15, -0.1) is 11.3 Å². The van der Waals surface area contributed by atoms with Gasteiger partial charge in [-0.25, -0.2) is 4.98 Å². The van der Waals surface area contributed by atoms with Gasteiger partial charge in [-0.3, -0.25) is 4.79 Å². The summed E-state index contributed by atoms with van der Waals surface area (Å²) in [5.41, 5.74) is 2.65. The van der Waals surface area contributed by atoms with Crippen LogP contribution in [0.4, 0.5) is 0 Å². The van der Waals surface area contributed by atoms with Gasteiger partial charge in [-0.1, -0.05) is 0 Å². The maximum atomic E-state index is 11.2. The standard InChI is InChI=1S/C14H21BN2O3S/c1-10(18)16-7-11(6-12-8-21-9-17-12)15-19-13(2,3)14(4,5)20-15/h6,8-9H,7H2,1-5H3,(H,16,18). The second kappa shape index (κ2) is 5.91. The van der Waals surface area contributed by atoms with E-state index in [2.05, 4.69) is 10.3 Å². The van der Waals surface area contributed by atoms with Crippen molar-refractivity contribution in [3.8, 4) is 0 Å². The molecule has 0 atom stereocenters. The van der Waals surface area contributed by atoms with Crippen LogP contribution in [0.2, 0.25) is 0 Å². The number of nitrogens with zero attached hydrogens (tertiary/aromatic N) is 1. The topological polar surface area (TPSA) is 60.5 Å². The van der Waals surface area contributed by atoms with E-state index in [-0.39, 0.29) is 5.91 Å². The van der Waals surface area contributed by atoms with Crippen molar-refractivity contribution in [3.05, 3.63) is 22.1 Å². The number of hydrogen-bond acceptors (Lipinski definition) is 5. The van der Waals surface area contributed by atoms with Gasteiger partial charge >= 0.3 is 7.12 Å². The lowest BCUT2D eigenvalue weighted by atomic mass is 9.77. The second-order valence-corrected chi connectivity index (χ2v) is 6.85.